The fourth-order valence-corrected chi connectivity index (χ4v) is 7.58. The van der Waals surface area contributed by atoms with E-state index in [0.717, 1.165) is 0 Å². The molecule has 1 aliphatic heterocycles. The van der Waals surface area contributed by atoms with Crippen LogP contribution in [0.25, 0.3) is 11.0 Å². The fraction of sp³-hybridized carbons (Fsp3) is 0.240. The molecule has 0 radical (unpaired) electrons. The molecule has 1 saturated heterocycles. The average Bonchev–Trinajstić information content (AvgIpc) is 3.51. The van der Waals surface area contributed by atoms with Gasteiger partial charge in [0.25, 0.3) is 0 Å². The van der Waals surface area contributed by atoms with Gasteiger partial charge in [0.05, 0.1) is 39.7 Å². The van der Waals surface area contributed by atoms with Crippen molar-refractivity contribution in [3.8, 4) is 5.75 Å². The molecule has 1 fully saturated rings. The molecule has 0 amide bonds. The number of hydrogen-bond acceptors (Lipinski definition) is 6. The Morgan fingerprint density at radius 3 is 2.39 bits per heavy atom. The Labute approximate surface area is 214 Å². The molecule has 1 unspecified atom stereocenters. The molecule has 8 nitrogen and oxygen atoms in total. The molecular weight excluding hydrogens is 522 g/mol. The molecule has 0 spiro atoms. The second-order valence-electron chi connectivity index (χ2n) is 8.64. The molecule has 5 rings (SSSR count). The molecule has 11 heteroatoms. The Kier molecular flexibility index (Phi) is 6.54. The molecule has 36 heavy (non-hydrogen) atoms. The maximum atomic E-state index is 13.3. The van der Waals surface area contributed by atoms with Crippen LogP contribution in [-0.4, -0.2) is 44.8 Å². The van der Waals surface area contributed by atoms with Crippen molar-refractivity contribution in [2.24, 2.45) is 0 Å². The summed E-state index contributed by atoms with van der Waals surface area (Å²) >= 11 is 5.92. The number of sulfone groups is 1. The van der Waals surface area contributed by atoms with E-state index in [1.54, 1.807) is 55.6 Å². The number of H-pyrrole nitrogens is 1. The lowest BCUT2D eigenvalue weighted by atomic mass is 10.2. The van der Waals surface area contributed by atoms with Gasteiger partial charge < -0.3 is 9.72 Å². The number of methoxy groups -OCH3 is 1. The van der Waals surface area contributed by atoms with E-state index in [9.17, 15) is 16.8 Å². The number of aromatic nitrogens is 2. The van der Waals surface area contributed by atoms with Crippen molar-refractivity contribution in [2.75, 3.05) is 13.7 Å². The Hall–Kier alpha value is -2.92. The van der Waals surface area contributed by atoms with E-state index in [0.29, 0.717) is 52.6 Å². The third-order valence-electron chi connectivity index (χ3n) is 6.29. The number of sulfonamides is 1. The summed E-state index contributed by atoms with van der Waals surface area (Å²) in [5, 5.41) is 0.460. The summed E-state index contributed by atoms with van der Waals surface area (Å²) in [6, 6.07) is 17.2. The predicted molar refractivity (Wildman–Crippen MR) is 137 cm³/mol. The first-order chi connectivity index (χ1) is 17.2. The van der Waals surface area contributed by atoms with Crippen LogP contribution >= 0.6 is 11.6 Å². The van der Waals surface area contributed by atoms with Crippen LogP contribution < -0.4 is 4.74 Å². The number of imidazole rings is 1. The van der Waals surface area contributed by atoms with Crippen LogP contribution in [-0.2, 0) is 25.6 Å². The van der Waals surface area contributed by atoms with E-state index in [1.165, 1.54) is 22.5 Å². The number of benzene rings is 3. The van der Waals surface area contributed by atoms with Crippen LogP contribution in [0.5, 0.6) is 5.75 Å². The number of hydrogen-bond donors (Lipinski definition) is 1. The fourth-order valence-electron chi connectivity index (χ4n) is 4.43. The average molecular weight is 546 g/mol. The first kappa shape index (κ1) is 24.8. The number of fused-ring (bicyclic) bond motifs is 1. The molecule has 3 aromatic carbocycles. The molecule has 188 valence electrons. The largest absolute Gasteiger partial charge is 0.497 e. The lowest BCUT2D eigenvalue weighted by molar-refractivity contribution is 0.385. The molecule has 0 bridgehead atoms. The summed E-state index contributed by atoms with van der Waals surface area (Å²) in [7, 11) is -5.81. The minimum absolute atomic E-state index is 0.154. The van der Waals surface area contributed by atoms with Crippen molar-refractivity contribution in [1.29, 1.82) is 0 Å². The summed E-state index contributed by atoms with van der Waals surface area (Å²) in [5.74, 6) is 0.991. The minimum Gasteiger partial charge on any atom is -0.497 e. The summed E-state index contributed by atoms with van der Waals surface area (Å²) < 4.78 is 59.3. The van der Waals surface area contributed by atoms with Gasteiger partial charge in [-0.05, 0) is 73.0 Å². The highest BCUT2D eigenvalue weighted by Gasteiger charge is 2.38. The van der Waals surface area contributed by atoms with Crippen LogP contribution in [0.15, 0.2) is 76.5 Å². The highest BCUT2D eigenvalue weighted by Crippen LogP contribution is 2.36. The van der Waals surface area contributed by atoms with Crippen molar-refractivity contribution in [1.82, 2.24) is 14.3 Å². The number of ether oxygens (including phenoxy) is 1. The first-order valence-electron chi connectivity index (χ1n) is 11.3. The lowest BCUT2D eigenvalue weighted by Gasteiger charge is -2.22. The number of nitrogens with zero attached hydrogens (tertiary/aromatic N) is 2. The molecular formula is C25H24ClN3O5S2. The molecule has 1 N–H and O–H groups in total. The molecule has 2 heterocycles. The van der Waals surface area contributed by atoms with Crippen molar-refractivity contribution >= 4 is 42.5 Å². The maximum Gasteiger partial charge on any atom is 0.243 e. The van der Waals surface area contributed by atoms with E-state index in [1.807, 2.05) is 0 Å². The third kappa shape index (κ3) is 4.73. The SMILES string of the molecule is COc1ccc(CS(=O)(=O)c2ccc3nc(C4CCCN4S(=O)(=O)c4ccc(Cl)cc4)[nH]c3c2)cc1. The van der Waals surface area contributed by atoms with Crippen LogP contribution in [0.3, 0.4) is 0 Å². The third-order valence-corrected chi connectivity index (χ3v) is 10.1. The smallest absolute Gasteiger partial charge is 0.243 e. The minimum atomic E-state index is -3.75. The maximum absolute atomic E-state index is 13.3. The van der Waals surface area contributed by atoms with Crippen molar-refractivity contribution in [3.05, 3.63) is 83.1 Å². The quantitative estimate of drug-likeness (QED) is 0.360. The van der Waals surface area contributed by atoms with Gasteiger partial charge in [0, 0.05) is 11.6 Å². The van der Waals surface area contributed by atoms with Crippen molar-refractivity contribution < 1.29 is 21.6 Å². The zero-order valence-corrected chi connectivity index (χ0v) is 21.8. The topological polar surface area (TPSA) is 109 Å². The number of aromatic amines is 1. The summed E-state index contributed by atoms with van der Waals surface area (Å²) in [6.45, 7) is 0.369. The Morgan fingerprint density at radius 1 is 1.00 bits per heavy atom. The second-order valence-corrected chi connectivity index (χ2v) is 13.0. The molecule has 0 saturated carbocycles. The van der Waals surface area contributed by atoms with E-state index in [4.69, 9.17) is 16.3 Å². The number of halogens is 1. The molecule has 1 atom stereocenters. The van der Waals surface area contributed by atoms with Gasteiger partial charge in [0.1, 0.15) is 11.6 Å². The lowest BCUT2D eigenvalue weighted by Crippen LogP contribution is -2.31. The molecule has 0 aliphatic carbocycles. The highest BCUT2D eigenvalue weighted by molar-refractivity contribution is 7.90. The van der Waals surface area contributed by atoms with Gasteiger partial charge in [-0.1, -0.05) is 23.7 Å². The standard InChI is InChI=1S/C25H24ClN3O5S2/c1-34-19-8-4-17(5-9-19)16-35(30,31)21-12-13-22-23(15-21)28-25(27-22)24-3-2-14-29(24)36(32,33)20-10-6-18(26)7-11-20/h4-13,15,24H,2-3,14,16H2,1H3,(H,27,28). The van der Waals surface area contributed by atoms with Gasteiger partial charge in [-0.25, -0.2) is 21.8 Å². The number of nitrogens with one attached hydrogen (secondary N) is 1. The second kappa shape index (κ2) is 9.51. The highest BCUT2D eigenvalue weighted by atomic mass is 35.5. The van der Waals surface area contributed by atoms with Crippen LogP contribution in [0.1, 0.15) is 30.3 Å². The van der Waals surface area contributed by atoms with E-state index in [2.05, 4.69) is 9.97 Å². The van der Waals surface area contributed by atoms with E-state index < -0.39 is 25.9 Å². The van der Waals surface area contributed by atoms with Gasteiger partial charge in [0.2, 0.25) is 10.0 Å². The summed E-state index contributed by atoms with van der Waals surface area (Å²) in [5.41, 5.74) is 1.76. The monoisotopic (exact) mass is 545 g/mol. The van der Waals surface area contributed by atoms with E-state index in [-0.39, 0.29) is 15.5 Å². The van der Waals surface area contributed by atoms with Crippen molar-refractivity contribution in [2.45, 2.75) is 34.4 Å². The molecule has 1 aliphatic rings. The normalized spacial score (nSPS) is 17.0. The molecule has 4 aromatic rings. The van der Waals surface area contributed by atoms with Crippen LogP contribution in [0.4, 0.5) is 0 Å². The van der Waals surface area contributed by atoms with Gasteiger partial charge >= 0.3 is 0 Å². The predicted octanol–water partition coefficient (Wildman–Crippen LogP) is 4.72. The van der Waals surface area contributed by atoms with Gasteiger partial charge in [0.15, 0.2) is 9.84 Å². The Balaban J connectivity index is 1.43. The number of rotatable bonds is 7. The summed E-state index contributed by atoms with van der Waals surface area (Å²) in [4.78, 5) is 8.11. The van der Waals surface area contributed by atoms with E-state index >= 15 is 0 Å². The van der Waals surface area contributed by atoms with Crippen LogP contribution in [0, 0.1) is 0 Å². The van der Waals surface area contributed by atoms with Gasteiger partial charge in [-0.3, -0.25) is 0 Å². The Bertz CT molecular complexity index is 1620. The zero-order chi connectivity index (χ0) is 25.5. The first-order valence-corrected chi connectivity index (χ1v) is 14.8. The Morgan fingerprint density at radius 2 is 1.69 bits per heavy atom. The van der Waals surface area contributed by atoms with Crippen molar-refractivity contribution in [3.63, 3.8) is 0 Å². The zero-order valence-electron chi connectivity index (χ0n) is 19.4. The van der Waals surface area contributed by atoms with Gasteiger partial charge in [-0.15, -0.1) is 0 Å². The van der Waals surface area contributed by atoms with Crippen LogP contribution in [0.2, 0.25) is 5.02 Å². The molecule has 1 aromatic heterocycles. The summed E-state index contributed by atoms with van der Waals surface area (Å²) in [6.07, 6.45) is 1.30. The van der Waals surface area contributed by atoms with Gasteiger partial charge in [-0.2, -0.15) is 4.31 Å².